The Morgan fingerprint density at radius 3 is 2.27 bits per heavy atom. The summed E-state index contributed by atoms with van der Waals surface area (Å²) in [6, 6.07) is 15.0. The van der Waals surface area contributed by atoms with E-state index in [1.807, 2.05) is 44.2 Å². The largest absolute Gasteiger partial charge is 0.374 e. The van der Waals surface area contributed by atoms with E-state index < -0.39 is 5.54 Å². The molecular formula is C19H16BrCl2N3O. The first kappa shape index (κ1) is 19.0. The SMILES string of the molecule is CC(C)(Nc1cnn(-c2c(Cl)cccc2Cl)c(=O)c1Br)c1ccccc1. The number of nitrogens with one attached hydrogen (secondary N) is 1. The van der Waals surface area contributed by atoms with Crippen LogP contribution >= 0.6 is 39.1 Å². The number of hydrogen-bond donors (Lipinski definition) is 1. The van der Waals surface area contributed by atoms with Crippen molar-refractivity contribution in [2.75, 3.05) is 5.32 Å². The maximum absolute atomic E-state index is 12.8. The number of para-hydroxylation sites is 1. The van der Waals surface area contributed by atoms with Gasteiger partial charge in [-0.1, -0.05) is 59.6 Å². The summed E-state index contributed by atoms with van der Waals surface area (Å²) in [6.07, 6.45) is 1.58. The smallest absolute Gasteiger partial charge is 0.288 e. The molecule has 0 bridgehead atoms. The zero-order valence-electron chi connectivity index (χ0n) is 14.1. The van der Waals surface area contributed by atoms with Gasteiger partial charge in [0.1, 0.15) is 10.2 Å². The van der Waals surface area contributed by atoms with E-state index in [9.17, 15) is 4.79 Å². The van der Waals surface area contributed by atoms with Crippen LogP contribution in [0, 0.1) is 0 Å². The summed E-state index contributed by atoms with van der Waals surface area (Å²) in [5, 5.41) is 8.32. The molecule has 0 fully saturated rings. The van der Waals surface area contributed by atoms with Crippen molar-refractivity contribution in [2.24, 2.45) is 0 Å². The molecule has 1 aromatic heterocycles. The van der Waals surface area contributed by atoms with Gasteiger partial charge in [0.2, 0.25) is 0 Å². The molecule has 3 rings (SSSR count). The van der Waals surface area contributed by atoms with Gasteiger partial charge in [-0.3, -0.25) is 4.79 Å². The van der Waals surface area contributed by atoms with Crippen molar-refractivity contribution in [1.29, 1.82) is 0 Å². The lowest BCUT2D eigenvalue weighted by atomic mass is 9.94. The molecule has 7 heteroatoms. The molecule has 26 heavy (non-hydrogen) atoms. The molecule has 0 radical (unpaired) electrons. The third-order valence-electron chi connectivity index (χ3n) is 4.01. The van der Waals surface area contributed by atoms with Crippen molar-refractivity contribution in [1.82, 2.24) is 9.78 Å². The molecule has 0 aliphatic rings. The predicted octanol–water partition coefficient (Wildman–Crippen LogP) is 5.65. The first-order valence-electron chi connectivity index (χ1n) is 7.87. The third-order valence-corrected chi connectivity index (χ3v) is 5.39. The minimum absolute atomic E-state index is 0.351. The van der Waals surface area contributed by atoms with Crippen molar-refractivity contribution < 1.29 is 0 Å². The van der Waals surface area contributed by atoms with Crippen LogP contribution in [0.5, 0.6) is 0 Å². The van der Waals surface area contributed by atoms with Gasteiger partial charge in [-0.05, 0) is 47.5 Å². The average molecular weight is 453 g/mol. The maximum atomic E-state index is 12.8. The van der Waals surface area contributed by atoms with Gasteiger partial charge in [0.15, 0.2) is 0 Å². The van der Waals surface area contributed by atoms with E-state index in [0.717, 1.165) is 5.56 Å². The van der Waals surface area contributed by atoms with Crippen LogP contribution in [0.3, 0.4) is 0 Å². The van der Waals surface area contributed by atoms with Gasteiger partial charge >= 0.3 is 0 Å². The quantitative estimate of drug-likeness (QED) is 0.556. The monoisotopic (exact) mass is 451 g/mol. The minimum atomic E-state index is -0.397. The van der Waals surface area contributed by atoms with Crippen LogP contribution < -0.4 is 10.9 Å². The Labute approximate surface area is 169 Å². The fraction of sp³-hybridized carbons (Fsp3) is 0.158. The number of benzene rings is 2. The molecule has 0 aliphatic heterocycles. The lowest BCUT2D eigenvalue weighted by molar-refractivity contribution is 0.606. The number of anilines is 1. The second-order valence-electron chi connectivity index (χ2n) is 6.28. The van der Waals surface area contributed by atoms with Crippen molar-refractivity contribution in [3.8, 4) is 5.69 Å². The van der Waals surface area contributed by atoms with E-state index in [2.05, 4.69) is 26.3 Å². The zero-order chi connectivity index (χ0) is 18.9. The first-order chi connectivity index (χ1) is 12.3. The summed E-state index contributed by atoms with van der Waals surface area (Å²) in [7, 11) is 0. The molecule has 0 spiro atoms. The highest BCUT2D eigenvalue weighted by Gasteiger charge is 2.23. The van der Waals surface area contributed by atoms with Crippen molar-refractivity contribution in [2.45, 2.75) is 19.4 Å². The third kappa shape index (κ3) is 3.65. The number of halogens is 3. The first-order valence-corrected chi connectivity index (χ1v) is 9.42. The summed E-state index contributed by atoms with van der Waals surface area (Å²) in [4.78, 5) is 12.8. The molecule has 1 N–H and O–H groups in total. The molecule has 134 valence electrons. The Kier molecular flexibility index (Phi) is 5.42. The highest BCUT2D eigenvalue weighted by molar-refractivity contribution is 9.10. The van der Waals surface area contributed by atoms with Gasteiger partial charge in [-0.25, -0.2) is 0 Å². The lowest BCUT2D eigenvalue weighted by Gasteiger charge is -2.28. The summed E-state index contributed by atoms with van der Waals surface area (Å²) in [6.45, 7) is 4.07. The number of nitrogens with zero attached hydrogens (tertiary/aromatic N) is 2. The Balaban J connectivity index is 2.03. The zero-order valence-corrected chi connectivity index (χ0v) is 17.2. The van der Waals surface area contributed by atoms with Crippen LogP contribution in [0.4, 0.5) is 5.69 Å². The van der Waals surface area contributed by atoms with Gasteiger partial charge in [0, 0.05) is 0 Å². The molecule has 1 heterocycles. The average Bonchev–Trinajstić information content (AvgIpc) is 2.61. The molecule has 0 unspecified atom stereocenters. The van der Waals surface area contributed by atoms with Crippen LogP contribution in [0.25, 0.3) is 5.69 Å². The minimum Gasteiger partial charge on any atom is -0.374 e. The van der Waals surface area contributed by atoms with Crippen LogP contribution in [-0.4, -0.2) is 9.78 Å². The van der Waals surface area contributed by atoms with Gasteiger partial charge in [-0.15, -0.1) is 0 Å². The second-order valence-corrected chi connectivity index (χ2v) is 7.88. The molecule has 0 amide bonds. The Morgan fingerprint density at radius 1 is 1.04 bits per heavy atom. The Morgan fingerprint density at radius 2 is 1.65 bits per heavy atom. The van der Waals surface area contributed by atoms with Gasteiger partial charge in [-0.2, -0.15) is 9.78 Å². The van der Waals surface area contributed by atoms with Gasteiger partial charge in [0.05, 0.1) is 27.5 Å². The summed E-state index contributed by atoms with van der Waals surface area (Å²) in [5.41, 5.74) is 1.28. The van der Waals surface area contributed by atoms with E-state index in [1.165, 1.54) is 4.68 Å². The molecule has 0 saturated carbocycles. The highest BCUT2D eigenvalue weighted by Crippen LogP contribution is 2.30. The number of rotatable bonds is 4. The Bertz CT molecular complexity index is 983. The summed E-state index contributed by atoms with van der Waals surface area (Å²) in [5.74, 6) is 0. The van der Waals surface area contributed by atoms with E-state index in [4.69, 9.17) is 23.2 Å². The molecule has 0 saturated heterocycles. The van der Waals surface area contributed by atoms with Crippen LogP contribution in [0.2, 0.25) is 10.0 Å². The van der Waals surface area contributed by atoms with Crippen LogP contribution in [-0.2, 0) is 5.54 Å². The highest BCUT2D eigenvalue weighted by atomic mass is 79.9. The number of hydrogen-bond acceptors (Lipinski definition) is 3. The van der Waals surface area contributed by atoms with Crippen LogP contribution in [0.1, 0.15) is 19.4 Å². The molecule has 3 aromatic rings. The van der Waals surface area contributed by atoms with Crippen molar-refractivity contribution in [3.05, 3.63) is 85.2 Å². The molecule has 0 aliphatic carbocycles. The second kappa shape index (κ2) is 7.43. The van der Waals surface area contributed by atoms with Gasteiger partial charge in [0.25, 0.3) is 5.56 Å². The van der Waals surface area contributed by atoms with Crippen LogP contribution in [0.15, 0.2) is 64.0 Å². The van der Waals surface area contributed by atoms with Gasteiger partial charge < -0.3 is 5.32 Å². The standard InChI is InChI=1S/C19H16BrCl2N3O/c1-19(2,12-7-4-3-5-8-12)24-15-11-23-25(18(26)16(15)20)17-13(21)9-6-10-14(17)22/h3-11,24H,1-2H3. The van der Waals surface area contributed by atoms with Crippen molar-refractivity contribution >= 4 is 44.8 Å². The fourth-order valence-corrected chi connectivity index (χ4v) is 3.56. The van der Waals surface area contributed by atoms with Crippen molar-refractivity contribution in [3.63, 3.8) is 0 Å². The predicted molar refractivity (Wildman–Crippen MR) is 111 cm³/mol. The molecule has 2 aromatic carbocycles. The van der Waals surface area contributed by atoms with E-state index in [-0.39, 0.29) is 5.56 Å². The maximum Gasteiger partial charge on any atom is 0.288 e. The Hall–Kier alpha value is -1.82. The molecule has 0 atom stereocenters. The normalized spacial score (nSPS) is 11.4. The molecule has 4 nitrogen and oxygen atoms in total. The summed E-state index contributed by atoms with van der Waals surface area (Å²) >= 11 is 15.8. The lowest BCUT2D eigenvalue weighted by Crippen LogP contribution is -2.30. The summed E-state index contributed by atoms with van der Waals surface area (Å²) < 4.78 is 1.54. The molecular weight excluding hydrogens is 437 g/mol. The number of aromatic nitrogens is 2. The fourth-order valence-electron chi connectivity index (χ4n) is 2.63. The van der Waals surface area contributed by atoms with E-state index in [1.54, 1.807) is 24.4 Å². The van der Waals surface area contributed by atoms with E-state index in [0.29, 0.717) is 25.9 Å². The van der Waals surface area contributed by atoms with E-state index >= 15 is 0 Å². The topological polar surface area (TPSA) is 46.9 Å².